The average molecular weight is 412 g/mol. The van der Waals surface area contributed by atoms with Crippen LogP contribution in [0.2, 0.25) is 0 Å². The molecule has 3 rings (SSSR count). The van der Waals surface area contributed by atoms with Gasteiger partial charge in [-0.1, -0.05) is 49.8 Å². The Hall–Kier alpha value is -3.13. The van der Waals surface area contributed by atoms with Gasteiger partial charge >= 0.3 is 0 Å². The number of halogens is 1. The van der Waals surface area contributed by atoms with Gasteiger partial charge < -0.3 is 5.32 Å². The fraction of sp³-hybridized carbons (Fsp3) is 0.238. The Kier molecular flexibility index (Phi) is 6.66. The van der Waals surface area contributed by atoms with Gasteiger partial charge in [0.15, 0.2) is 0 Å². The van der Waals surface area contributed by atoms with Crippen LogP contribution in [0, 0.1) is 11.7 Å². The van der Waals surface area contributed by atoms with E-state index in [1.165, 1.54) is 23.5 Å². The average Bonchev–Trinajstić information content (AvgIpc) is 3.20. The third-order valence-corrected chi connectivity index (χ3v) is 5.45. The Labute approximate surface area is 172 Å². The van der Waals surface area contributed by atoms with Crippen molar-refractivity contribution in [1.82, 2.24) is 15.5 Å². The second-order valence-electron chi connectivity index (χ2n) is 6.61. The van der Waals surface area contributed by atoms with Crippen molar-refractivity contribution in [3.63, 3.8) is 0 Å². The molecule has 2 atom stereocenters. The lowest BCUT2D eigenvalue weighted by Crippen LogP contribution is -2.47. The molecule has 1 heterocycles. The maximum Gasteiger partial charge on any atom is 0.251 e. The number of anilines is 1. The Morgan fingerprint density at radius 2 is 1.76 bits per heavy atom. The number of carbonyl (C=O) groups is 2. The van der Waals surface area contributed by atoms with E-state index in [4.69, 9.17) is 0 Å². The molecule has 2 N–H and O–H groups in total. The zero-order chi connectivity index (χ0) is 20.8. The van der Waals surface area contributed by atoms with Crippen molar-refractivity contribution in [2.24, 2.45) is 5.92 Å². The number of rotatable bonds is 7. The number of benzene rings is 2. The third kappa shape index (κ3) is 5.23. The number of carbonyl (C=O) groups excluding carboxylic acids is 2. The lowest BCUT2D eigenvalue weighted by Gasteiger charge is -2.23. The first kappa shape index (κ1) is 20.6. The van der Waals surface area contributed by atoms with E-state index in [1.54, 1.807) is 36.4 Å². The predicted molar refractivity (Wildman–Crippen MR) is 111 cm³/mol. The molecule has 0 aliphatic carbocycles. The first-order valence-electron chi connectivity index (χ1n) is 9.24. The van der Waals surface area contributed by atoms with Crippen LogP contribution in [0.3, 0.4) is 0 Å². The van der Waals surface area contributed by atoms with Crippen molar-refractivity contribution < 1.29 is 14.0 Å². The predicted octanol–water partition coefficient (Wildman–Crippen LogP) is 4.13. The highest BCUT2D eigenvalue weighted by Gasteiger charge is 2.27. The summed E-state index contributed by atoms with van der Waals surface area (Å²) in [5, 5.41) is 14.5. The zero-order valence-corrected chi connectivity index (χ0v) is 16.9. The first-order valence-corrected chi connectivity index (χ1v) is 10.1. The molecule has 0 spiro atoms. The van der Waals surface area contributed by atoms with Crippen LogP contribution in [0.1, 0.15) is 30.6 Å². The summed E-state index contributed by atoms with van der Waals surface area (Å²) in [4.78, 5) is 25.3. The minimum absolute atomic E-state index is 0.0767. The van der Waals surface area contributed by atoms with E-state index in [0.29, 0.717) is 27.7 Å². The highest BCUT2D eigenvalue weighted by molar-refractivity contribution is 7.18. The molecule has 0 aliphatic rings. The van der Waals surface area contributed by atoms with Crippen molar-refractivity contribution in [1.29, 1.82) is 0 Å². The van der Waals surface area contributed by atoms with Gasteiger partial charge in [-0.2, -0.15) is 0 Å². The van der Waals surface area contributed by atoms with Gasteiger partial charge in [-0.3, -0.25) is 14.9 Å². The molecule has 0 bridgehead atoms. The molecule has 8 heteroatoms. The van der Waals surface area contributed by atoms with Gasteiger partial charge in [0.1, 0.15) is 16.9 Å². The maximum atomic E-state index is 13.1. The van der Waals surface area contributed by atoms with E-state index in [2.05, 4.69) is 20.8 Å². The number of nitrogens with one attached hydrogen (secondary N) is 2. The number of amides is 2. The molecule has 150 valence electrons. The minimum atomic E-state index is -0.717. The van der Waals surface area contributed by atoms with Gasteiger partial charge in [0, 0.05) is 11.1 Å². The number of aromatic nitrogens is 2. The lowest BCUT2D eigenvalue weighted by atomic mass is 9.98. The molecular weight excluding hydrogens is 391 g/mol. The van der Waals surface area contributed by atoms with E-state index >= 15 is 0 Å². The molecule has 0 aliphatic heterocycles. The largest absolute Gasteiger partial charge is 0.340 e. The molecule has 2 unspecified atom stereocenters. The summed E-state index contributed by atoms with van der Waals surface area (Å²) in [5.74, 6) is -1.08. The van der Waals surface area contributed by atoms with Crippen LogP contribution in [0.5, 0.6) is 0 Å². The van der Waals surface area contributed by atoms with E-state index in [0.717, 1.165) is 0 Å². The minimum Gasteiger partial charge on any atom is -0.340 e. The van der Waals surface area contributed by atoms with Gasteiger partial charge in [0.2, 0.25) is 11.0 Å². The van der Waals surface area contributed by atoms with Crippen molar-refractivity contribution in [3.8, 4) is 10.6 Å². The molecule has 0 radical (unpaired) electrons. The molecule has 0 fully saturated rings. The normalized spacial score (nSPS) is 12.8. The number of nitrogens with zero attached hydrogens (tertiary/aromatic N) is 2. The van der Waals surface area contributed by atoms with E-state index < -0.39 is 6.04 Å². The fourth-order valence-corrected chi connectivity index (χ4v) is 3.43. The highest BCUT2D eigenvalue weighted by atomic mass is 32.1. The van der Waals surface area contributed by atoms with Crippen LogP contribution in [0.4, 0.5) is 9.52 Å². The first-order chi connectivity index (χ1) is 14.0. The summed E-state index contributed by atoms with van der Waals surface area (Å²) in [6, 6.07) is 13.9. The molecule has 6 nitrogen and oxygen atoms in total. The summed E-state index contributed by atoms with van der Waals surface area (Å²) >= 11 is 1.18. The van der Waals surface area contributed by atoms with E-state index in [1.807, 2.05) is 19.9 Å². The maximum absolute atomic E-state index is 13.1. The van der Waals surface area contributed by atoms with Gasteiger partial charge in [0.05, 0.1) is 0 Å². The van der Waals surface area contributed by atoms with Crippen LogP contribution >= 0.6 is 11.3 Å². The smallest absolute Gasteiger partial charge is 0.251 e. The third-order valence-electron chi connectivity index (χ3n) is 4.56. The molecule has 1 aromatic heterocycles. The highest BCUT2D eigenvalue weighted by Crippen LogP contribution is 2.26. The summed E-state index contributed by atoms with van der Waals surface area (Å²) in [5.41, 5.74) is 1.20. The standard InChI is InChI=1S/C21H21FN4O2S/c1-3-13(2)17(23-18(27)14-7-5-4-6-8-14)19(28)24-21-26-25-20(29-21)15-9-11-16(22)12-10-15/h4-13,17H,3H2,1-2H3,(H,23,27)(H,24,26,28). The van der Waals surface area contributed by atoms with Crippen molar-refractivity contribution in [2.45, 2.75) is 26.3 Å². The second kappa shape index (κ2) is 9.38. The van der Waals surface area contributed by atoms with Gasteiger partial charge in [-0.05, 0) is 42.3 Å². The zero-order valence-electron chi connectivity index (χ0n) is 16.1. The molecule has 29 heavy (non-hydrogen) atoms. The van der Waals surface area contributed by atoms with Crippen LogP contribution in [0.15, 0.2) is 54.6 Å². The van der Waals surface area contributed by atoms with E-state index in [-0.39, 0.29) is 23.5 Å². The second-order valence-corrected chi connectivity index (χ2v) is 7.59. The summed E-state index contributed by atoms with van der Waals surface area (Å²) in [7, 11) is 0. The van der Waals surface area contributed by atoms with Crippen LogP contribution in [-0.4, -0.2) is 28.1 Å². The van der Waals surface area contributed by atoms with Crippen LogP contribution in [0.25, 0.3) is 10.6 Å². The topological polar surface area (TPSA) is 84.0 Å². The molecule has 0 saturated heterocycles. The molecule has 3 aromatic rings. The van der Waals surface area contributed by atoms with Gasteiger partial charge in [0.25, 0.3) is 5.91 Å². The Morgan fingerprint density at radius 1 is 1.07 bits per heavy atom. The van der Waals surface area contributed by atoms with Crippen molar-refractivity contribution >= 4 is 28.3 Å². The van der Waals surface area contributed by atoms with Crippen LogP contribution in [-0.2, 0) is 4.79 Å². The summed E-state index contributed by atoms with van der Waals surface area (Å²) in [6.07, 6.45) is 0.712. The lowest BCUT2D eigenvalue weighted by molar-refractivity contribution is -0.119. The van der Waals surface area contributed by atoms with Gasteiger partial charge in [-0.25, -0.2) is 4.39 Å². The summed E-state index contributed by atoms with van der Waals surface area (Å²) < 4.78 is 13.1. The monoisotopic (exact) mass is 412 g/mol. The molecule has 0 saturated carbocycles. The fourth-order valence-electron chi connectivity index (χ4n) is 2.68. The SMILES string of the molecule is CCC(C)C(NC(=O)c1ccccc1)C(=O)Nc1nnc(-c2ccc(F)cc2)s1. The van der Waals surface area contributed by atoms with Gasteiger partial charge in [-0.15, -0.1) is 10.2 Å². The Bertz CT molecular complexity index is 976. The van der Waals surface area contributed by atoms with Crippen LogP contribution < -0.4 is 10.6 Å². The number of hydrogen-bond donors (Lipinski definition) is 2. The summed E-state index contributed by atoms with van der Waals surface area (Å²) in [6.45, 7) is 3.86. The van der Waals surface area contributed by atoms with Crippen molar-refractivity contribution in [3.05, 3.63) is 66.0 Å². The number of hydrogen-bond acceptors (Lipinski definition) is 5. The molecule has 2 aromatic carbocycles. The van der Waals surface area contributed by atoms with Crippen molar-refractivity contribution in [2.75, 3.05) is 5.32 Å². The van der Waals surface area contributed by atoms with E-state index in [9.17, 15) is 14.0 Å². The quantitative estimate of drug-likeness (QED) is 0.611. The Balaban J connectivity index is 1.72. The molecule has 2 amide bonds. The Morgan fingerprint density at radius 3 is 2.41 bits per heavy atom. The molecular formula is C21H21FN4O2S.